The molecule has 0 aromatic heterocycles. The summed E-state index contributed by atoms with van der Waals surface area (Å²) in [6.07, 6.45) is 2.12. The first-order chi connectivity index (χ1) is 11.2. The molecule has 0 aliphatic carbocycles. The van der Waals surface area contributed by atoms with Crippen molar-refractivity contribution < 1.29 is 9.53 Å². The summed E-state index contributed by atoms with van der Waals surface area (Å²) in [7, 11) is 0. The lowest BCUT2D eigenvalue weighted by molar-refractivity contribution is -0.114. The van der Waals surface area contributed by atoms with Gasteiger partial charge in [-0.1, -0.05) is 37.1 Å². The highest BCUT2D eigenvalue weighted by molar-refractivity contribution is 5.93. The Morgan fingerprint density at radius 3 is 2.61 bits per heavy atom. The fourth-order valence-electron chi connectivity index (χ4n) is 2.06. The number of rotatable bonds is 8. The lowest BCUT2D eigenvalue weighted by atomic mass is 10.2. The summed E-state index contributed by atoms with van der Waals surface area (Å²) < 4.78 is 5.64. The molecule has 0 saturated carbocycles. The van der Waals surface area contributed by atoms with Crippen LogP contribution in [0.2, 0.25) is 0 Å². The van der Waals surface area contributed by atoms with Gasteiger partial charge in [0.2, 0.25) is 5.91 Å². The first-order valence-electron chi connectivity index (χ1n) is 8.00. The molecule has 1 amide bonds. The summed E-state index contributed by atoms with van der Waals surface area (Å²) in [5.41, 5.74) is 2.87. The molecule has 0 bridgehead atoms. The second kappa shape index (κ2) is 8.83. The molecule has 4 heteroatoms. The van der Waals surface area contributed by atoms with E-state index in [1.165, 1.54) is 5.56 Å². The van der Waals surface area contributed by atoms with E-state index in [0.29, 0.717) is 6.61 Å². The van der Waals surface area contributed by atoms with Gasteiger partial charge in [0.1, 0.15) is 5.75 Å². The molecule has 0 unspecified atom stereocenters. The van der Waals surface area contributed by atoms with Crippen molar-refractivity contribution in [2.75, 3.05) is 23.8 Å². The van der Waals surface area contributed by atoms with E-state index in [0.717, 1.165) is 30.0 Å². The first-order valence-corrected chi connectivity index (χ1v) is 8.00. The number of ether oxygens (including phenoxy) is 1. The zero-order chi connectivity index (χ0) is 16.5. The number of benzene rings is 2. The van der Waals surface area contributed by atoms with Gasteiger partial charge >= 0.3 is 0 Å². The number of aryl methyl sites for hydroxylation is 1. The van der Waals surface area contributed by atoms with Crippen molar-refractivity contribution in [3.8, 4) is 5.75 Å². The minimum Gasteiger partial charge on any atom is -0.494 e. The second-order valence-corrected chi connectivity index (χ2v) is 5.50. The maximum atomic E-state index is 12.0. The lowest BCUT2D eigenvalue weighted by Gasteiger charge is -2.10. The van der Waals surface area contributed by atoms with Crippen molar-refractivity contribution in [3.05, 3.63) is 54.1 Å². The van der Waals surface area contributed by atoms with E-state index in [4.69, 9.17) is 4.74 Å². The van der Waals surface area contributed by atoms with Gasteiger partial charge in [-0.05, 0) is 37.6 Å². The maximum absolute atomic E-state index is 12.0. The Kier molecular flexibility index (Phi) is 6.48. The Labute approximate surface area is 137 Å². The fourth-order valence-corrected chi connectivity index (χ4v) is 2.06. The van der Waals surface area contributed by atoms with Crippen LogP contribution in [0.15, 0.2) is 48.5 Å². The number of carbonyl (C=O) groups excluding carboxylic acids is 1. The molecule has 0 fully saturated rings. The average molecular weight is 312 g/mol. The number of hydrogen-bond donors (Lipinski definition) is 2. The third kappa shape index (κ3) is 6.02. The Bertz CT molecular complexity index is 624. The SMILES string of the molecule is CCCCOc1cccc(NC(=O)CNc2ccc(C)cc2)c1. The molecule has 0 aliphatic rings. The predicted molar refractivity (Wildman–Crippen MR) is 95.1 cm³/mol. The number of carbonyl (C=O) groups is 1. The van der Waals surface area contributed by atoms with Crippen LogP contribution in [0, 0.1) is 6.92 Å². The van der Waals surface area contributed by atoms with Crippen molar-refractivity contribution in [1.29, 1.82) is 0 Å². The molecular formula is C19H24N2O2. The third-order valence-electron chi connectivity index (χ3n) is 3.39. The normalized spacial score (nSPS) is 10.2. The van der Waals surface area contributed by atoms with Crippen LogP contribution in [0.4, 0.5) is 11.4 Å². The van der Waals surface area contributed by atoms with E-state index in [-0.39, 0.29) is 12.5 Å². The topological polar surface area (TPSA) is 50.4 Å². The molecule has 0 saturated heterocycles. The quantitative estimate of drug-likeness (QED) is 0.717. The van der Waals surface area contributed by atoms with Crippen LogP contribution in [0.3, 0.4) is 0 Å². The standard InChI is InChI=1S/C19H24N2O2/c1-3-4-12-23-18-7-5-6-17(13-18)21-19(22)14-20-16-10-8-15(2)9-11-16/h5-11,13,20H,3-4,12,14H2,1-2H3,(H,21,22). The van der Waals surface area contributed by atoms with E-state index in [1.54, 1.807) is 0 Å². The van der Waals surface area contributed by atoms with Crippen molar-refractivity contribution in [3.63, 3.8) is 0 Å². The molecule has 23 heavy (non-hydrogen) atoms. The summed E-state index contributed by atoms with van der Waals surface area (Å²) in [5.74, 6) is 0.694. The van der Waals surface area contributed by atoms with Crippen molar-refractivity contribution in [2.45, 2.75) is 26.7 Å². The summed E-state index contributed by atoms with van der Waals surface area (Å²) in [6.45, 7) is 5.08. The van der Waals surface area contributed by atoms with Crippen LogP contribution in [0.25, 0.3) is 0 Å². The molecule has 2 rings (SSSR count). The number of nitrogens with one attached hydrogen (secondary N) is 2. The van der Waals surface area contributed by atoms with E-state index < -0.39 is 0 Å². The van der Waals surface area contributed by atoms with Gasteiger partial charge in [0.05, 0.1) is 13.2 Å². The zero-order valence-corrected chi connectivity index (χ0v) is 13.8. The molecule has 0 radical (unpaired) electrons. The molecular weight excluding hydrogens is 288 g/mol. The molecule has 2 aromatic rings. The van der Waals surface area contributed by atoms with Gasteiger partial charge in [-0.15, -0.1) is 0 Å². The van der Waals surface area contributed by atoms with Crippen LogP contribution >= 0.6 is 0 Å². The minimum atomic E-state index is -0.0868. The second-order valence-electron chi connectivity index (χ2n) is 5.50. The number of anilines is 2. The Balaban J connectivity index is 1.82. The summed E-state index contributed by atoms with van der Waals surface area (Å²) in [4.78, 5) is 12.0. The molecule has 0 atom stereocenters. The van der Waals surface area contributed by atoms with Crippen molar-refractivity contribution in [1.82, 2.24) is 0 Å². The summed E-state index contributed by atoms with van der Waals surface area (Å²) in [5, 5.41) is 5.98. The zero-order valence-electron chi connectivity index (χ0n) is 13.8. The minimum absolute atomic E-state index is 0.0868. The fraction of sp³-hybridized carbons (Fsp3) is 0.316. The van der Waals surface area contributed by atoms with Gasteiger partial charge in [0, 0.05) is 17.4 Å². The van der Waals surface area contributed by atoms with Crippen LogP contribution in [-0.4, -0.2) is 19.1 Å². The van der Waals surface area contributed by atoms with E-state index in [1.807, 2.05) is 55.5 Å². The predicted octanol–water partition coefficient (Wildman–Crippen LogP) is 4.22. The molecule has 4 nitrogen and oxygen atoms in total. The average Bonchev–Trinajstić information content (AvgIpc) is 2.55. The molecule has 0 aliphatic heterocycles. The maximum Gasteiger partial charge on any atom is 0.243 e. The molecule has 0 spiro atoms. The van der Waals surface area contributed by atoms with E-state index >= 15 is 0 Å². The molecule has 122 valence electrons. The van der Waals surface area contributed by atoms with Gasteiger partial charge < -0.3 is 15.4 Å². The smallest absolute Gasteiger partial charge is 0.243 e. The third-order valence-corrected chi connectivity index (χ3v) is 3.39. The van der Waals surface area contributed by atoms with Crippen LogP contribution in [0.1, 0.15) is 25.3 Å². The van der Waals surface area contributed by atoms with Crippen molar-refractivity contribution >= 4 is 17.3 Å². The van der Waals surface area contributed by atoms with Gasteiger partial charge in [-0.2, -0.15) is 0 Å². The van der Waals surface area contributed by atoms with E-state index in [2.05, 4.69) is 17.6 Å². The van der Waals surface area contributed by atoms with Gasteiger partial charge in [-0.3, -0.25) is 4.79 Å². The highest BCUT2D eigenvalue weighted by Crippen LogP contribution is 2.17. The summed E-state index contributed by atoms with van der Waals surface area (Å²) >= 11 is 0. The van der Waals surface area contributed by atoms with Gasteiger partial charge in [0.15, 0.2) is 0 Å². The highest BCUT2D eigenvalue weighted by Gasteiger charge is 2.03. The summed E-state index contributed by atoms with van der Waals surface area (Å²) in [6, 6.07) is 15.4. The lowest BCUT2D eigenvalue weighted by Crippen LogP contribution is -2.21. The Hall–Kier alpha value is -2.49. The molecule has 2 N–H and O–H groups in total. The van der Waals surface area contributed by atoms with Crippen LogP contribution < -0.4 is 15.4 Å². The number of unbranched alkanes of at least 4 members (excludes halogenated alkanes) is 1. The van der Waals surface area contributed by atoms with Crippen molar-refractivity contribution in [2.24, 2.45) is 0 Å². The van der Waals surface area contributed by atoms with Crippen LogP contribution in [-0.2, 0) is 4.79 Å². The Morgan fingerprint density at radius 2 is 1.87 bits per heavy atom. The molecule has 0 heterocycles. The molecule has 2 aromatic carbocycles. The van der Waals surface area contributed by atoms with E-state index in [9.17, 15) is 4.79 Å². The highest BCUT2D eigenvalue weighted by atomic mass is 16.5. The number of hydrogen-bond acceptors (Lipinski definition) is 3. The number of amides is 1. The van der Waals surface area contributed by atoms with Gasteiger partial charge in [-0.25, -0.2) is 0 Å². The van der Waals surface area contributed by atoms with Crippen LogP contribution in [0.5, 0.6) is 5.75 Å². The monoisotopic (exact) mass is 312 g/mol. The Morgan fingerprint density at radius 1 is 1.09 bits per heavy atom. The van der Waals surface area contributed by atoms with Gasteiger partial charge in [0.25, 0.3) is 0 Å². The first kappa shape index (κ1) is 16.9. The largest absolute Gasteiger partial charge is 0.494 e.